The van der Waals surface area contributed by atoms with Gasteiger partial charge in [-0.15, -0.1) is 0 Å². The maximum atomic E-state index is 10.7. The number of nitrogens with two attached hydrogens (primary N) is 1. The van der Waals surface area contributed by atoms with E-state index < -0.39 is 6.09 Å². The molecule has 88 valence electrons. The summed E-state index contributed by atoms with van der Waals surface area (Å²) in [7, 11) is 1.59. The van der Waals surface area contributed by atoms with Crippen LogP contribution in [-0.4, -0.2) is 22.9 Å². The first-order chi connectivity index (χ1) is 8.20. The van der Waals surface area contributed by atoms with Crippen LogP contribution in [0.3, 0.4) is 0 Å². The van der Waals surface area contributed by atoms with E-state index in [9.17, 15) is 4.79 Å². The zero-order valence-electron chi connectivity index (χ0n) is 9.16. The molecule has 0 fully saturated rings. The second-order valence-corrected chi connectivity index (χ2v) is 3.22. The lowest BCUT2D eigenvalue weighted by atomic mass is 10.2. The van der Waals surface area contributed by atoms with Gasteiger partial charge in [0.25, 0.3) is 0 Å². The van der Waals surface area contributed by atoms with Gasteiger partial charge in [-0.2, -0.15) is 4.73 Å². The molecule has 0 radical (unpaired) electrons. The van der Waals surface area contributed by atoms with Crippen LogP contribution in [0.2, 0.25) is 0 Å². The minimum absolute atomic E-state index is 0.492. The smallest absolute Gasteiger partial charge is 0.429 e. The van der Waals surface area contributed by atoms with E-state index in [1.807, 2.05) is 12.1 Å². The van der Waals surface area contributed by atoms with Gasteiger partial charge in [0.1, 0.15) is 5.75 Å². The molecule has 1 amide bonds. The first-order valence-electron chi connectivity index (χ1n) is 4.86. The van der Waals surface area contributed by atoms with Gasteiger partial charge in [-0.05, 0) is 24.3 Å². The van der Waals surface area contributed by atoms with Crippen molar-refractivity contribution in [1.29, 1.82) is 0 Å². The fourth-order valence-electron chi connectivity index (χ4n) is 1.40. The first-order valence-corrected chi connectivity index (χ1v) is 4.86. The fourth-order valence-corrected chi connectivity index (χ4v) is 1.40. The summed E-state index contributed by atoms with van der Waals surface area (Å²) in [5, 5.41) is 0. The Morgan fingerprint density at radius 2 is 2.06 bits per heavy atom. The Hall–Kier alpha value is -2.50. The van der Waals surface area contributed by atoms with Gasteiger partial charge in [0, 0.05) is 11.8 Å². The van der Waals surface area contributed by atoms with E-state index >= 15 is 0 Å². The highest BCUT2D eigenvalue weighted by Gasteiger charge is 2.08. The minimum Gasteiger partial charge on any atom is -0.497 e. The van der Waals surface area contributed by atoms with Crippen LogP contribution in [0, 0.1) is 0 Å². The summed E-state index contributed by atoms with van der Waals surface area (Å²) in [5.74, 6) is 1.23. The van der Waals surface area contributed by atoms with E-state index in [0.717, 1.165) is 11.3 Å². The molecule has 0 aliphatic heterocycles. The van der Waals surface area contributed by atoms with Crippen LogP contribution in [0.5, 0.6) is 5.75 Å². The van der Waals surface area contributed by atoms with Gasteiger partial charge in [0.15, 0.2) is 5.82 Å². The molecule has 0 unspecified atom stereocenters. The Labute approximate surface area is 97.5 Å². The van der Waals surface area contributed by atoms with Crippen LogP contribution in [-0.2, 0) is 0 Å². The molecular formula is C11H11N3O3. The molecule has 17 heavy (non-hydrogen) atoms. The summed E-state index contributed by atoms with van der Waals surface area (Å²) in [5.41, 5.74) is 5.74. The van der Waals surface area contributed by atoms with Gasteiger partial charge < -0.3 is 15.3 Å². The zero-order valence-corrected chi connectivity index (χ0v) is 9.16. The van der Waals surface area contributed by atoms with Gasteiger partial charge >= 0.3 is 6.09 Å². The van der Waals surface area contributed by atoms with Crippen molar-refractivity contribution in [3.8, 4) is 17.1 Å². The van der Waals surface area contributed by atoms with E-state index in [4.69, 9.17) is 15.3 Å². The number of hydrogen-bond donors (Lipinski definition) is 1. The maximum absolute atomic E-state index is 10.7. The molecule has 0 aliphatic rings. The quantitative estimate of drug-likeness (QED) is 0.859. The molecule has 2 aromatic rings. The number of amides is 1. The third-order valence-electron chi connectivity index (χ3n) is 2.14. The molecule has 2 N–H and O–H groups in total. The van der Waals surface area contributed by atoms with Gasteiger partial charge in [0.2, 0.25) is 0 Å². The number of hydrogen-bond acceptors (Lipinski definition) is 4. The van der Waals surface area contributed by atoms with Crippen molar-refractivity contribution >= 4 is 6.09 Å². The van der Waals surface area contributed by atoms with Crippen molar-refractivity contribution in [2.75, 3.05) is 7.11 Å². The Bertz CT molecular complexity index is 519. The number of nitrogens with zero attached hydrogens (tertiary/aromatic N) is 2. The molecule has 0 saturated heterocycles. The van der Waals surface area contributed by atoms with Crippen molar-refractivity contribution in [1.82, 2.24) is 9.71 Å². The van der Waals surface area contributed by atoms with Crippen LogP contribution in [0.15, 0.2) is 36.7 Å². The van der Waals surface area contributed by atoms with Crippen LogP contribution in [0.1, 0.15) is 0 Å². The molecular weight excluding hydrogens is 222 g/mol. The number of carbonyl (C=O) groups is 1. The van der Waals surface area contributed by atoms with E-state index in [1.54, 1.807) is 19.2 Å². The third-order valence-corrected chi connectivity index (χ3v) is 2.14. The third kappa shape index (κ3) is 2.36. The van der Waals surface area contributed by atoms with Crippen molar-refractivity contribution < 1.29 is 14.4 Å². The average Bonchev–Trinajstić information content (AvgIpc) is 2.76. The van der Waals surface area contributed by atoms with Crippen LogP contribution in [0.4, 0.5) is 4.79 Å². The average molecular weight is 233 g/mol. The SMILES string of the molecule is COc1ccc(-c2nccn2OC(N)=O)cc1. The highest BCUT2D eigenvalue weighted by molar-refractivity contribution is 5.66. The highest BCUT2D eigenvalue weighted by atomic mass is 16.7. The second kappa shape index (κ2) is 4.56. The van der Waals surface area contributed by atoms with E-state index in [1.165, 1.54) is 17.1 Å². The molecule has 6 nitrogen and oxygen atoms in total. The van der Waals surface area contributed by atoms with Crippen LogP contribution >= 0.6 is 0 Å². The number of aromatic nitrogens is 2. The Balaban J connectivity index is 2.32. The topological polar surface area (TPSA) is 79.4 Å². The molecule has 1 aromatic heterocycles. The minimum atomic E-state index is -0.891. The highest BCUT2D eigenvalue weighted by Crippen LogP contribution is 2.20. The standard InChI is InChI=1S/C11H11N3O3/c1-16-9-4-2-8(3-5-9)10-13-6-7-14(10)17-11(12)15/h2-7H,1H3,(H2,12,15). The van der Waals surface area contributed by atoms with Crippen molar-refractivity contribution in [2.45, 2.75) is 0 Å². The normalized spacial score (nSPS) is 9.94. The summed E-state index contributed by atoms with van der Waals surface area (Å²) < 4.78 is 6.26. The number of carbonyl (C=O) groups excluding carboxylic acids is 1. The van der Waals surface area contributed by atoms with Crippen molar-refractivity contribution in [2.24, 2.45) is 5.73 Å². The van der Waals surface area contributed by atoms with E-state index in [2.05, 4.69) is 4.98 Å². The van der Waals surface area contributed by atoms with Crippen molar-refractivity contribution in [3.05, 3.63) is 36.7 Å². The molecule has 0 aliphatic carbocycles. The number of benzene rings is 1. The predicted molar refractivity (Wildman–Crippen MR) is 60.4 cm³/mol. The fraction of sp³-hybridized carbons (Fsp3) is 0.0909. The number of rotatable bonds is 3. The van der Waals surface area contributed by atoms with Gasteiger partial charge in [0.05, 0.1) is 13.3 Å². The van der Waals surface area contributed by atoms with Crippen LogP contribution in [0.25, 0.3) is 11.4 Å². The first kappa shape index (κ1) is 11.0. The summed E-state index contributed by atoms with van der Waals surface area (Å²) in [6.07, 6.45) is 2.13. The molecule has 0 bridgehead atoms. The molecule has 1 aromatic carbocycles. The van der Waals surface area contributed by atoms with Gasteiger partial charge in [-0.25, -0.2) is 9.78 Å². The molecule has 0 atom stereocenters. The molecule has 0 saturated carbocycles. The molecule has 1 heterocycles. The van der Waals surface area contributed by atoms with Gasteiger partial charge in [-0.3, -0.25) is 0 Å². The molecule has 2 rings (SSSR count). The monoisotopic (exact) mass is 233 g/mol. The molecule has 0 spiro atoms. The predicted octanol–water partition coefficient (Wildman–Crippen LogP) is 1.07. The number of primary amides is 1. The summed E-state index contributed by atoms with van der Waals surface area (Å²) in [6.45, 7) is 0. The zero-order chi connectivity index (χ0) is 12.3. The summed E-state index contributed by atoms with van der Waals surface area (Å²) in [6, 6.07) is 7.20. The Kier molecular flexibility index (Phi) is 2.95. The second-order valence-electron chi connectivity index (χ2n) is 3.22. The number of imidazole rings is 1. The Morgan fingerprint density at radius 3 is 2.65 bits per heavy atom. The summed E-state index contributed by atoms with van der Waals surface area (Å²) in [4.78, 5) is 19.5. The number of methoxy groups -OCH3 is 1. The lowest BCUT2D eigenvalue weighted by molar-refractivity contribution is 0.145. The lowest BCUT2D eigenvalue weighted by Gasteiger charge is -2.06. The number of ether oxygens (including phenoxy) is 1. The Morgan fingerprint density at radius 1 is 1.35 bits per heavy atom. The largest absolute Gasteiger partial charge is 0.497 e. The molecule has 6 heteroatoms. The van der Waals surface area contributed by atoms with E-state index in [0.29, 0.717) is 5.82 Å². The van der Waals surface area contributed by atoms with Gasteiger partial charge in [-0.1, -0.05) is 0 Å². The van der Waals surface area contributed by atoms with Crippen LogP contribution < -0.4 is 15.3 Å². The lowest BCUT2D eigenvalue weighted by Crippen LogP contribution is -2.25. The maximum Gasteiger partial charge on any atom is 0.429 e. The summed E-state index contributed by atoms with van der Waals surface area (Å²) >= 11 is 0. The van der Waals surface area contributed by atoms with E-state index in [-0.39, 0.29) is 0 Å². The van der Waals surface area contributed by atoms with Crippen molar-refractivity contribution in [3.63, 3.8) is 0 Å².